The molecule has 0 bridgehead atoms. The molecule has 2 heterocycles. The van der Waals surface area contributed by atoms with Crippen LogP contribution in [0.25, 0.3) is 11.0 Å². The Hall–Kier alpha value is -1.31. The summed E-state index contributed by atoms with van der Waals surface area (Å²) in [5.74, 6) is 0. The van der Waals surface area contributed by atoms with E-state index in [1.807, 2.05) is 52.9 Å². The number of hydrogen-bond donors (Lipinski definition) is 0. The number of aryl methyl sites for hydroxylation is 1. The monoisotopic (exact) mass is 193 g/mol. The van der Waals surface area contributed by atoms with E-state index in [1.54, 1.807) is 6.26 Å². The predicted octanol–water partition coefficient (Wildman–Crippen LogP) is 4.19. The Labute approximate surface area is 86.0 Å². The van der Waals surface area contributed by atoms with Gasteiger partial charge in [0.1, 0.15) is 5.58 Å². The van der Waals surface area contributed by atoms with Gasteiger partial charge >= 0.3 is 0 Å². The van der Waals surface area contributed by atoms with Crippen LogP contribution in [-0.2, 0) is 0 Å². The minimum atomic E-state index is 0.910. The largest absolute Gasteiger partial charge is 0.464 e. The van der Waals surface area contributed by atoms with Crippen molar-refractivity contribution in [3.63, 3.8) is 0 Å². The third-order valence-corrected chi connectivity index (χ3v) is 1.47. The zero-order valence-electron chi connectivity index (χ0n) is 9.66. The van der Waals surface area contributed by atoms with Crippen molar-refractivity contribution in [2.24, 2.45) is 0 Å². The van der Waals surface area contributed by atoms with Crippen molar-refractivity contribution in [3.8, 4) is 0 Å². The lowest BCUT2D eigenvalue weighted by molar-refractivity contribution is 0.615. The van der Waals surface area contributed by atoms with Gasteiger partial charge in [-0.25, -0.2) is 0 Å². The SMILES string of the molecule is CC.CC.Cc1cc2occc2cn1. The van der Waals surface area contributed by atoms with Crippen molar-refractivity contribution in [3.05, 3.63) is 30.3 Å². The van der Waals surface area contributed by atoms with Gasteiger partial charge in [0.2, 0.25) is 0 Å². The summed E-state index contributed by atoms with van der Waals surface area (Å²) in [6, 6.07) is 3.83. The van der Waals surface area contributed by atoms with E-state index in [2.05, 4.69) is 4.98 Å². The molecule has 0 radical (unpaired) electrons. The molecule has 0 aliphatic carbocycles. The molecule has 0 aromatic carbocycles. The number of aromatic nitrogens is 1. The first kappa shape index (κ1) is 12.7. The van der Waals surface area contributed by atoms with Crippen molar-refractivity contribution in [2.75, 3.05) is 0 Å². The van der Waals surface area contributed by atoms with Crippen molar-refractivity contribution in [1.29, 1.82) is 0 Å². The normalized spacial score (nSPS) is 8.36. The minimum absolute atomic E-state index is 0.910. The Morgan fingerprint density at radius 1 is 1.14 bits per heavy atom. The van der Waals surface area contributed by atoms with E-state index in [9.17, 15) is 0 Å². The fourth-order valence-corrected chi connectivity index (χ4v) is 0.953. The molecule has 78 valence electrons. The molecule has 0 saturated carbocycles. The van der Waals surface area contributed by atoms with Crippen LogP contribution in [-0.4, -0.2) is 4.98 Å². The molecule has 2 aromatic rings. The maximum Gasteiger partial charge on any atom is 0.137 e. The molecule has 14 heavy (non-hydrogen) atoms. The van der Waals surface area contributed by atoms with E-state index >= 15 is 0 Å². The van der Waals surface area contributed by atoms with Gasteiger partial charge in [-0.1, -0.05) is 27.7 Å². The molecule has 0 atom stereocenters. The van der Waals surface area contributed by atoms with Crippen molar-refractivity contribution < 1.29 is 4.42 Å². The van der Waals surface area contributed by atoms with Gasteiger partial charge in [0.25, 0.3) is 0 Å². The summed E-state index contributed by atoms with van der Waals surface area (Å²) in [6.07, 6.45) is 3.49. The number of rotatable bonds is 0. The van der Waals surface area contributed by atoms with Crippen LogP contribution >= 0.6 is 0 Å². The number of furan rings is 1. The van der Waals surface area contributed by atoms with E-state index in [4.69, 9.17) is 4.42 Å². The Kier molecular flexibility index (Phi) is 6.46. The molecule has 2 heteroatoms. The Morgan fingerprint density at radius 2 is 1.79 bits per heavy atom. The standard InChI is InChI=1S/C8H7NO.2C2H6/c1-6-4-8-7(5-9-6)2-3-10-8;2*1-2/h2-5H,1H3;2*1-2H3. The van der Waals surface area contributed by atoms with Crippen molar-refractivity contribution >= 4 is 11.0 Å². The van der Waals surface area contributed by atoms with E-state index in [1.165, 1.54) is 0 Å². The second kappa shape index (κ2) is 7.13. The van der Waals surface area contributed by atoms with Gasteiger partial charge in [-0.05, 0) is 13.0 Å². The van der Waals surface area contributed by atoms with Gasteiger partial charge in [0.05, 0.1) is 6.26 Å². The fraction of sp³-hybridized carbons (Fsp3) is 0.417. The lowest BCUT2D eigenvalue weighted by Crippen LogP contribution is -1.76. The summed E-state index contributed by atoms with van der Waals surface area (Å²) in [4.78, 5) is 4.12. The van der Waals surface area contributed by atoms with Crippen molar-refractivity contribution in [2.45, 2.75) is 34.6 Å². The Balaban J connectivity index is 0.000000379. The number of hydrogen-bond acceptors (Lipinski definition) is 2. The van der Waals surface area contributed by atoms with Gasteiger partial charge < -0.3 is 4.42 Å². The average Bonchev–Trinajstić information content (AvgIpc) is 2.71. The molecule has 0 fully saturated rings. The maximum absolute atomic E-state index is 5.16. The second-order valence-electron chi connectivity index (χ2n) is 2.28. The summed E-state index contributed by atoms with van der Waals surface area (Å²) >= 11 is 0. The third-order valence-electron chi connectivity index (χ3n) is 1.47. The molecule has 0 spiro atoms. The highest BCUT2D eigenvalue weighted by atomic mass is 16.3. The van der Waals surface area contributed by atoms with Crippen LogP contribution in [0, 0.1) is 6.92 Å². The summed E-state index contributed by atoms with van der Waals surface area (Å²) in [6.45, 7) is 9.95. The number of pyridine rings is 1. The summed E-state index contributed by atoms with van der Waals surface area (Å²) in [5.41, 5.74) is 1.90. The molecule has 0 aliphatic rings. The molecular weight excluding hydrogens is 174 g/mol. The van der Waals surface area contributed by atoms with Crippen LogP contribution < -0.4 is 0 Å². The average molecular weight is 193 g/mol. The molecule has 0 saturated heterocycles. The molecular formula is C12H19NO. The maximum atomic E-state index is 5.16. The molecule has 2 rings (SSSR count). The first-order valence-electron chi connectivity index (χ1n) is 5.16. The molecule has 0 amide bonds. The van der Waals surface area contributed by atoms with E-state index < -0.39 is 0 Å². The van der Waals surface area contributed by atoms with Gasteiger partial charge in [0.15, 0.2) is 0 Å². The van der Waals surface area contributed by atoms with Gasteiger partial charge in [-0.3, -0.25) is 4.98 Å². The molecule has 0 N–H and O–H groups in total. The first-order chi connectivity index (χ1) is 6.86. The van der Waals surface area contributed by atoms with Crippen LogP contribution in [0.1, 0.15) is 33.4 Å². The molecule has 0 unspecified atom stereocenters. The third kappa shape index (κ3) is 3.21. The van der Waals surface area contributed by atoms with E-state index in [0.717, 1.165) is 16.7 Å². The minimum Gasteiger partial charge on any atom is -0.464 e. The van der Waals surface area contributed by atoms with E-state index in [-0.39, 0.29) is 0 Å². The smallest absolute Gasteiger partial charge is 0.137 e. The van der Waals surface area contributed by atoms with E-state index in [0.29, 0.717) is 0 Å². The quantitative estimate of drug-likeness (QED) is 0.627. The number of nitrogens with zero attached hydrogens (tertiary/aromatic N) is 1. The topological polar surface area (TPSA) is 26.0 Å². The van der Waals surface area contributed by atoms with Crippen molar-refractivity contribution in [1.82, 2.24) is 4.98 Å². The lowest BCUT2D eigenvalue weighted by Gasteiger charge is -1.88. The van der Waals surface area contributed by atoms with Gasteiger partial charge in [-0.15, -0.1) is 0 Å². The molecule has 2 aromatic heterocycles. The fourth-order valence-electron chi connectivity index (χ4n) is 0.953. The first-order valence-corrected chi connectivity index (χ1v) is 5.16. The Bertz CT molecular complexity index is 352. The summed E-state index contributed by atoms with van der Waals surface area (Å²) in [5, 5.41) is 1.06. The zero-order chi connectivity index (χ0) is 11.0. The Morgan fingerprint density at radius 3 is 2.43 bits per heavy atom. The van der Waals surface area contributed by atoms with Crippen LogP contribution in [0.2, 0.25) is 0 Å². The van der Waals surface area contributed by atoms with Gasteiger partial charge in [0, 0.05) is 23.3 Å². The lowest BCUT2D eigenvalue weighted by atomic mass is 10.3. The zero-order valence-corrected chi connectivity index (χ0v) is 9.66. The summed E-state index contributed by atoms with van der Waals surface area (Å²) < 4.78 is 5.16. The highest BCUT2D eigenvalue weighted by molar-refractivity contribution is 5.75. The van der Waals surface area contributed by atoms with Crippen LogP contribution in [0.15, 0.2) is 29.0 Å². The number of fused-ring (bicyclic) bond motifs is 1. The molecule has 0 aliphatic heterocycles. The van der Waals surface area contributed by atoms with Gasteiger partial charge in [-0.2, -0.15) is 0 Å². The molecule has 2 nitrogen and oxygen atoms in total. The second-order valence-corrected chi connectivity index (χ2v) is 2.28. The van der Waals surface area contributed by atoms with Crippen LogP contribution in [0.4, 0.5) is 0 Å². The highest BCUT2D eigenvalue weighted by Crippen LogP contribution is 2.13. The summed E-state index contributed by atoms with van der Waals surface area (Å²) in [7, 11) is 0. The predicted molar refractivity (Wildman–Crippen MR) is 61.4 cm³/mol. The van der Waals surface area contributed by atoms with Crippen LogP contribution in [0.5, 0.6) is 0 Å². The van der Waals surface area contributed by atoms with Crippen LogP contribution in [0.3, 0.4) is 0 Å². The highest BCUT2D eigenvalue weighted by Gasteiger charge is 1.94.